The van der Waals surface area contributed by atoms with E-state index in [0.717, 1.165) is 5.16 Å². The molecular formula is C6H12ClN. The van der Waals surface area contributed by atoms with E-state index < -0.39 is 0 Å². The second-order valence-electron chi connectivity index (χ2n) is 1.94. The van der Waals surface area contributed by atoms with Gasteiger partial charge in [0.1, 0.15) is 0 Å². The van der Waals surface area contributed by atoms with Crippen molar-refractivity contribution in [2.45, 2.75) is 26.8 Å². The number of halogens is 1. The Morgan fingerprint density at radius 2 is 2.12 bits per heavy atom. The van der Waals surface area contributed by atoms with E-state index in [2.05, 4.69) is 5.32 Å². The molecule has 0 rings (SSSR count). The van der Waals surface area contributed by atoms with Crippen LogP contribution >= 0.6 is 11.6 Å². The molecule has 0 atom stereocenters. The van der Waals surface area contributed by atoms with Crippen LogP contribution in [0.25, 0.3) is 0 Å². The third-order valence-electron chi connectivity index (χ3n) is 0.680. The molecule has 8 heavy (non-hydrogen) atoms. The van der Waals surface area contributed by atoms with Crippen LogP contribution in [0.1, 0.15) is 20.8 Å². The van der Waals surface area contributed by atoms with Crippen molar-refractivity contribution in [3.8, 4) is 0 Å². The van der Waals surface area contributed by atoms with E-state index >= 15 is 0 Å². The molecule has 0 saturated heterocycles. The van der Waals surface area contributed by atoms with Gasteiger partial charge in [-0.3, -0.25) is 0 Å². The molecule has 1 nitrogen and oxygen atoms in total. The van der Waals surface area contributed by atoms with Crippen molar-refractivity contribution in [2.24, 2.45) is 0 Å². The van der Waals surface area contributed by atoms with E-state index in [1.165, 1.54) is 0 Å². The lowest BCUT2D eigenvalue weighted by Crippen LogP contribution is -2.18. The molecule has 0 aliphatic carbocycles. The van der Waals surface area contributed by atoms with Crippen LogP contribution in [0.2, 0.25) is 0 Å². The lowest BCUT2D eigenvalue weighted by Gasteiger charge is -2.05. The maximum atomic E-state index is 5.61. The SMILES string of the molecule is C/C=C(/Cl)NC(C)C. The summed E-state index contributed by atoms with van der Waals surface area (Å²) in [5, 5.41) is 3.74. The van der Waals surface area contributed by atoms with Crippen LogP contribution in [-0.4, -0.2) is 6.04 Å². The van der Waals surface area contributed by atoms with E-state index in [0.29, 0.717) is 6.04 Å². The number of hydrogen-bond acceptors (Lipinski definition) is 1. The third kappa shape index (κ3) is 4.00. The van der Waals surface area contributed by atoms with Gasteiger partial charge in [0.2, 0.25) is 0 Å². The number of hydrogen-bond donors (Lipinski definition) is 1. The van der Waals surface area contributed by atoms with Crippen LogP contribution in [0.5, 0.6) is 0 Å². The Kier molecular flexibility index (Phi) is 3.71. The summed E-state index contributed by atoms with van der Waals surface area (Å²) in [6.07, 6.45) is 1.83. The Labute approximate surface area is 55.7 Å². The minimum Gasteiger partial charge on any atom is -0.374 e. The molecule has 0 aliphatic heterocycles. The van der Waals surface area contributed by atoms with Crippen molar-refractivity contribution in [2.75, 3.05) is 0 Å². The Morgan fingerprint density at radius 1 is 1.62 bits per heavy atom. The topological polar surface area (TPSA) is 12.0 Å². The van der Waals surface area contributed by atoms with Gasteiger partial charge in [0, 0.05) is 6.04 Å². The van der Waals surface area contributed by atoms with Crippen LogP contribution < -0.4 is 5.32 Å². The maximum absolute atomic E-state index is 5.61. The predicted molar refractivity (Wildman–Crippen MR) is 37.9 cm³/mol. The van der Waals surface area contributed by atoms with E-state index in [-0.39, 0.29) is 0 Å². The van der Waals surface area contributed by atoms with Gasteiger partial charge < -0.3 is 5.32 Å². The molecule has 1 N–H and O–H groups in total. The summed E-state index contributed by atoms with van der Waals surface area (Å²) in [7, 11) is 0. The molecule has 48 valence electrons. The van der Waals surface area contributed by atoms with Gasteiger partial charge in [-0.05, 0) is 20.8 Å². The van der Waals surface area contributed by atoms with Crippen molar-refractivity contribution >= 4 is 11.6 Å². The van der Waals surface area contributed by atoms with Gasteiger partial charge in [0.05, 0.1) is 5.16 Å². The maximum Gasteiger partial charge on any atom is 0.0976 e. The average Bonchev–Trinajstić information content (AvgIpc) is 1.65. The molecule has 0 aromatic carbocycles. The zero-order chi connectivity index (χ0) is 6.57. The largest absolute Gasteiger partial charge is 0.374 e. The van der Waals surface area contributed by atoms with Crippen LogP contribution in [0.3, 0.4) is 0 Å². The molecule has 0 heterocycles. The van der Waals surface area contributed by atoms with E-state index in [1.54, 1.807) is 0 Å². The van der Waals surface area contributed by atoms with Gasteiger partial charge in [-0.15, -0.1) is 0 Å². The highest BCUT2D eigenvalue weighted by Gasteiger charge is 1.90. The zero-order valence-electron chi connectivity index (χ0n) is 5.53. The highest BCUT2D eigenvalue weighted by Crippen LogP contribution is 1.95. The minimum atomic E-state index is 0.429. The summed E-state index contributed by atoms with van der Waals surface area (Å²) in [6, 6.07) is 0.429. The summed E-state index contributed by atoms with van der Waals surface area (Å²) in [4.78, 5) is 0. The summed E-state index contributed by atoms with van der Waals surface area (Å²) >= 11 is 5.61. The van der Waals surface area contributed by atoms with Crippen molar-refractivity contribution in [1.82, 2.24) is 5.32 Å². The zero-order valence-corrected chi connectivity index (χ0v) is 6.29. The fourth-order valence-electron chi connectivity index (χ4n) is 0.359. The van der Waals surface area contributed by atoms with Crippen molar-refractivity contribution in [3.63, 3.8) is 0 Å². The second-order valence-corrected chi connectivity index (χ2v) is 2.34. The summed E-state index contributed by atoms with van der Waals surface area (Å²) < 4.78 is 0. The molecule has 2 heteroatoms. The van der Waals surface area contributed by atoms with Crippen molar-refractivity contribution in [1.29, 1.82) is 0 Å². The first-order chi connectivity index (χ1) is 3.66. The first kappa shape index (κ1) is 7.83. The van der Waals surface area contributed by atoms with Gasteiger partial charge >= 0.3 is 0 Å². The molecule has 0 fully saturated rings. The van der Waals surface area contributed by atoms with Crippen LogP contribution in [-0.2, 0) is 0 Å². The van der Waals surface area contributed by atoms with Crippen LogP contribution in [0.15, 0.2) is 11.2 Å². The predicted octanol–water partition coefficient (Wildman–Crippen LogP) is 2.08. The Bertz CT molecular complexity index is 86.5. The average molecular weight is 134 g/mol. The first-order valence-electron chi connectivity index (χ1n) is 2.75. The summed E-state index contributed by atoms with van der Waals surface area (Å²) in [6.45, 7) is 6.00. The molecule has 0 radical (unpaired) electrons. The van der Waals surface area contributed by atoms with E-state index in [1.807, 2.05) is 26.8 Å². The molecular weight excluding hydrogens is 122 g/mol. The van der Waals surface area contributed by atoms with Gasteiger partial charge in [-0.1, -0.05) is 17.7 Å². The molecule has 0 aliphatic rings. The summed E-state index contributed by atoms with van der Waals surface area (Å²) in [5.74, 6) is 0. The molecule has 0 unspecified atom stereocenters. The van der Waals surface area contributed by atoms with Crippen molar-refractivity contribution < 1.29 is 0 Å². The molecule has 0 bridgehead atoms. The highest BCUT2D eigenvalue weighted by molar-refractivity contribution is 6.29. The Hall–Kier alpha value is -0.170. The highest BCUT2D eigenvalue weighted by atomic mass is 35.5. The standard InChI is InChI=1S/C6H12ClN/c1-4-6(7)8-5(2)3/h4-5,8H,1-3H3/b6-4-. The molecule has 0 amide bonds. The van der Waals surface area contributed by atoms with E-state index in [4.69, 9.17) is 11.6 Å². The molecule has 0 spiro atoms. The van der Waals surface area contributed by atoms with Gasteiger partial charge in [-0.25, -0.2) is 0 Å². The lowest BCUT2D eigenvalue weighted by molar-refractivity contribution is 0.692. The summed E-state index contributed by atoms with van der Waals surface area (Å²) in [5.41, 5.74) is 0. The molecule has 0 aromatic rings. The number of allylic oxidation sites excluding steroid dienone is 1. The lowest BCUT2D eigenvalue weighted by atomic mass is 10.4. The number of nitrogens with one attached hydrogen (secondary N) is 1. The third-order valence-corrected chi connectivity index (χ3v) is 1.01. The normalized spacial score (nSPS) is 12.4. The smallest absolute Gasteiger partial charge is 0.0976 e. The van der Waals surface area contributed by atoms with E-state index in [9.17, 15) is 0 Å². The molecule has 0 aromatic heterocycles. The quantitative estimate of drug-likeness (QED) is 0.569. The fourth-order valence-corrected chi connectivity index (χ4v) is 0.577. The van der Waals surface area contributed by atoms with Gasteiger partial charge in [-0.2, -0.15) is 0 Å². The van der Waals surface area contributed by atoms with Crippen molar-refractivity contribution in [3.05, 3.63) is 11.2 Å². The van der Waals surface area contributed by atoms with Crippen LogP contribution in [0, 0.1) is 0 Å². The van der Waals surface area contributed by atoms with Gasteiger partial charge in [0.25, 0.3) is 0 Å². The Morgan fingerprint density at radius 3 is 2.25 bits per heavy atom. The number of rotatable bonds is 2. The monoisotopic (exact) mass is 133 g/mol. The molecule has 0 saturated carbocycles. The Balaban J connectivity index is 3.39. The van der Waals surface area contributed by atoms with Gasteiger partial charge in [0.15, 0.2) is 0 Å². The minimum absolute atomic E-state index is 0.429. The fraction of sp³-hybridized carbons (Fsp3) is 0.667. The first-order valence-corrected chi connectivity index (χ1v) is 3.13. The second kappa shape index (κ2) is 3.79. The van der Waals surface area contributed by atoms with Crippen LogP contribution in [0.4, 0.5) is 0 Å².